The molecule has 0 radical (unpaired) electrons. The van der Waals surface area contributed by atoms with Crippen molar-refractivity contribution in [2.24, 2.45) is 0 Å². The van der Waals surface area contributed by atoms with Crippen LogP contribution in [0.1, 0.15) is 85.5 Å². The summed E-state index contributed by atoms with van der Waals surface area (Å²) in [6, 6.07) is 0. The second-order valence-electron chi connectivity index (χ2n) is 7.18. The van der Waals surface area contributed by atoms with Crippen LogP contribution in [0.15, 0.2) is 0 Å². The first-order valence-corrected chi connectivity index (χ1v) is 9.45. The topological polar surface area (TPSA) is 65.0 Å². The number of carbonyl (C=O) groups excluding carboxylic acids is 1. The third-order valence-electron chi connectivity index (χ3n) is 3.76. The monoisotopic (exact) mass is 346 g/mol. The fourth-order valence-electron chi connectivity index (χ4n) is 2.35. The Hall–Kier alpha value is -0.810. The molecule has 5 nitrogen and oxygen atoms in total. The van der Waals surface area contributed by atoms with E-state index < -0.39 is 11.8 Å². The number of hydrogen-bond donors (Lipinski definition) is 1. The number of rotatable bonds is 15. The Bertz CT molecular complexity index is 302. The molecule has 144 valence electrons. The summed E-state index contributed by atoms with van der Waals surface area (Å²) < 4.78 is 16.0. The van der Waals surface area contributed by atoms with Crippen molar-refractivity contribution in [3.05, 3.63) is 0 Å². The molecule has 0 aromatic heterocycles. The van der Waals surface area contributed by atoms with Crippen LogP contribution in [0.3, 0.4) is 0 Å². The van der Waals surface area contributed by atoms with E-state index in [0.29, 0.717) is 12.7 Å². The molecule has 0 heterocycles. The van der Waals surface area contributed by atoms with Gasteiger partial charge in [-0.15, -0.1) is 0 Å². The van der Waals surface area contributed by atoms with Crippen LogP contribution in [0.5, 0.6) is 0 Å². The van der Waals surface area contributed by atoms with Crippen molar-refractivity contribution in [2.45, 2.75) is 97.2 Å². The molecule has 0 rings (SSSR count). The summed E-state index contributed by atoms with van der Waals surface area (Å²) in [5.74, 6) is 0. The SMILES string of the molecule is CC(C)OCCCCCCOC(=O)OC(C)(C)CCCCCCO. The smallest absolute Gasteiger partial charge is 0.434 e. The highest BCUT2D eigenvalue weighted by molar-refractivity contribution is 5.60. The summed E-state index contributed by atoms with van der Waals surface area (Å²) in [6.45, 7) is 9.36. The number of ether oxygens (including phenoxy) is 3. The van der Waals surface area contributed by atoms with Crippen LogP contribution >= 0.6 is 0 Å². The first-order valence-electron chi connectivity index (χ1n) is 9.45. The Labute approximate surface area is 148 Å². The van der Waals surface area contributed by atoms with Gasteiger partial charge < -0.3 is 19.3 Å². The maximum Gasteiger partial charge on any atom is 0.508 e. The third-order valence-corrected chi connectivity index (χ3v) is 3.76. The zero-order valence-electron chi connectivity index (χ0n) is 16.1. The van der Waals surface area contributed by atoms with E-state index in [2.05, 4.69) is 0 Å². The number of aliphatic hydroxyl groups excluding tert-OH is 1. The van der Waals surface area contributed by atoms with Crippen LogP contribution in [0.4, 0.5) is 4.79 Å². The summed E-state index contributed by atoms with van der Waals surface area (Å²) in [5.41, 5.74) is -0.496. The largest absolute Gasteiger partial charge is 0.508 e. The van der Waals surface area contributed by atoms with E-state index in [9.17, 15) is 4.79 Å². The van der Waals surface area contributed by atoms with Crippen LogP contribution in [-0.4, -0.2) is 42.8 Å². The zero-order chi connectivity index (χ0) is 18.3. The van der Waals surface area contributed by atoms with E-state index in [1.165, 1.54) is 0 Å². The van der Waals surface area contributed by atoms with E-state index in [-0.39, 0.29) is 6.61 Å². The molecular formula is C19H38O5. The Morgan fingerprint density at radius 3 is 2.12 bits per heavy atom. The second kappa shape index (κ2) is 14.5. The highest BCUT2D eigenvalue weighted by atomic mass is 16.7. The van der Waals surface area contributed by atoms with Gasteiger partial charge in [0.2, 0.25) is 0 Å². The fourth-order valence-corrected chi connectivity index (χ4v) is 2.35. The van der Waals surface area contributed by atoms with Gasteiger partial charge in [-0.2, -0.15) is 0 Å². The number of carbonyl (C=O) groups is 1. The minimum Gasteiger partial charge on any atom is -0.434 e. The molecule has 0 amide bonds. The van der Waals surface area contributed by atoms with Crippen LogP contribution in [-0.2, 0) is 14.2 Å². The van der Waals surface area contributed by atoms with Crippen molar-refractivity contribution >= 4 is 6.16 Å². The quantitative estimate of drug-likeness (QED) is 0.339. The van der Waals surface area contributed by atoms with Crippen LogP contribution in [0, 0.1) is 0 Å². The predicted molar refractivity (Wildman–Crippen MR) is 96.2 cm³/mol. The van der Waals surface area contributed by atoms with E-state index >= 15 is 0 Å². The van der Waals surface area contributed by atoms with Crippen molar-refractivity contribution in [1.82, 2.24) is 0 Å². The maximum absolute atomic E-state index is 11.7. The van der Waals surface area contributed by atoms with E-state index in [0.717, 1.165) is 64.4 Å². The highest BCUT2D eigenvalue weighted by Crippen LogP contribution is 2.20. The number of hydrogen-bond acceptors (Lipinski definition) is 5. The van der Waals surface area contributed by atoms with E-state index in [1.807, 2.05) is 27.7 Å². The van der Waals surface area contributed by atoms with Gasteiger partial charge in [0.05, 0.1) is 12.7 Å². The van der Waals surface area contributed by atoms with E-state index in [4.69, 9.17) is 19.3 Å². The Morgan fingerprint density at radius 2 is 1.50 bits per heavy atom. The van der Waals surface area contributed by atoms with Gasteiger partial charge in [0.1, 0.15) is 5.60 Å². The summed E-state index contributed by atoms with van der Waals surface area (Å²) in [6.07, 6.45) is 8.44. The molecule has 0 aromatic carbocycles. The van der Waals surface area contributed by atoms with Crippen LogP contribution in [0.25, 0.3) is 0 Å². The Kier molecular flexibility index (Phi) is 14.0. The van der Waals surface area contributed by atoms with Crippen LogP contribution in [0.2, 0.25) is 0 Å². The molecule has 0 atom stereocenters. The normalized spacial score (nSPS) is 11.8. The van der Waals surface area contributed by atoms with Gasteiger partial charge in [-0.05, 0) is 66.2 Å². The molecule has 0 fully saturated rings. The van der Waals surface area contributed by atoms with Crippen molar-refractivity contribution in [3.63, 3.8) is 0 Å². The summed E-state index contributed by atoms with van der Waals surface area (Å²) in [7, 11) is 0. The van der Waals surface area contributed by atoms with Gasteiger partial charge >= 0.3 is 6.16 Å². The minimum absolute atomic E-state index is 0.247. The molecule has 0 saturated carbocycles. The molecule has 0 bridgehead atoms. The van der Waals surface area contributed by atoms with Crippen LogP contribution < -0.4 is 0 Å². The summed E-state index contributed by atoms with van der Waals surface area (Å²) in [4.78, 5) is 11.7. The van der Waals surface area contributed by atoms with Gasteiger partial charge in [0, 0.05) is 13.2 Å². The van der Waals surface area contributed by atoms with Gasteiger partial charge in [0.15, 0.2) is 0 Å². The highest BCUT2D eigenvalue weighted by Gasteiger charge is 2.23. The lowest BCUT2D eigenvalue weighted by Crippen LogP contribution is -2.28. The average Bonchev–Trinajstić information content (AvgIpc) is 2.48. The van der Waals surface area contributed by atoms with Gasteiger partial charge in [-0.3, -0.25) is 0 Å². The standard InChI is InChI=1S/C19H38O5/c1-17(2)22-15-11-7-8-12-16-23-18(21)24-19(3,4)13-9-5-6-10-14-20/h17,20H,5-16H2,1-4H3. The predicted octanol–water partition coefficient (Wildman–Crippen LogP) is 4.85. The van der Waals surface area contributed by atoms with Crippen molar-refractivity contribution in [3.8, 4) is 0 Å². The second-order valence-corrected chi connectivity index (χ2v) is 7.18. The van der Waals surface area contributed by atoms with Gasteiger partial charge in [-0.25, -0.2) is 4.79 Å². The summed E-state index contributed by atoms with van der Waals surface area (Å²) >= 11 is 0. The lowest BCUT2D eigenvalue weighted by Gasteiger charge is -2.24. The molecule has 0 aliphatic carbocycles. The molecule has 0 aromatic rings. The maximum atomic E-state index is 11.7. The van der Waals surface area contributed by atoms with Crippen molar-refractivity contribution < 1.29 is 24.1 Å². The first kappa shape index (κ1) is 23.2. The molecular weight excluding hydrogens is 308 g/mol. The van der Waals surface area contributed by atoms with Gasteiger partial charge in [0.25, 0.3) is 0 Å². The van der Waals surface area contributed by atoms with Crippen molar-refractivity contribution in [1.29, 1.82) is 0 Å². The molecule has 0 aliphatic rings. The molecule has 5 heteroatoms. The van der Waals surface area contributed by atoms with E-state index in [1.54, 1.807) is 0 Å². The lowest BCUT2D eigenvalue weighted by atomic mass is 10.00. The Balaban J connectivity index is 3.55. The summed E-state index contributed by atoms with van der Waals surface area (Å²) in [5, 5.41) is 8.74. The van der Waals surface area contributed by atoms with Gasteiger partial charge in [-0.1, -0.05) is 19.3 Å². The van der Waals surface area contributed by atoms with Crippen molar-refractivity contribution in [2.75, 3.05) is 19.8 Å². The lowest BCUT2D eigenvalue weighted by molar-refractivity contribution is -0.0219. The third kappa shape index (κ3) is 16.1. The molecule has 0 spiro atoms. The first-order chi connectivity index (χ1) is 11.4. The molecule has 24 heavy (non-hydrogen) atoms. The number of aliphatic hydroxyl groups is 1. The molecule has 0 unspecified atom stereocenters. The Morgan fingerprint density at radius 1 is 0.917 bits per heavy atom. The minimum atomic E-state index is -0.571. The molecule has 1 N–H and O–H groups in total. The zero-order valence-corrected chi connectivity index (χ0v) is 16.1. The number of unbranched alkanes of at least 4 members (excludes halogenated alkanes) is 6. The average molecular weight is 347 g/mol. The molecule has 0 saturated heterocycles. The molecule has 0 aliphatic heterocycles. The fraction of sp³-hybridized carbons (Fsp3) is 0.947.